The summed E-state index contributed by atoms with van der Waals surface area (Å²) in [6, 6.07) is 7.33. The summed E-state index contributed by atoms with van der Waals surface area (Å²) in [7, 11) is 1.63. The van der Waals surface area contributed by atoms with Gasteiger partial charge in [0.1, 0.15) is 17.9 Å². The maximum absolute atomic E-state index is 12.2. The number of carbonyl (C=O) groups excluding carboxylic acids is 2. The molecule has 2 aliphatic heterocycles. The number of aryl methyl sites for hydroxylation is 1. The van der Waals surface area contributed by atoms with Gasteiger partial charge in [0.2, 0.25) is 5.91 Å². The number of methoxy groups -OCH3 is 1. The molecular weight excluding hydrogens is 258 g/mol. The maximum Gasteiger partial charge on any atom is 0.329 e. The number of amides is 1. The average Bonchev–Trinajstić information content (AvgIpc) is 3.04. The summed E-state index contributed by atoms with van der Waals surface area (Å²) in [6.07, 6.45) is 1.67. The van der Waals surface area contributed by atoms with E-state index in [0.29, 0.717) is 25.8 Å². The highest BCUT2D eigenvalue weighted by molar-refractivity contribution is 5.87. The maximum atomic E-state index is 12.2. The Labute approximate surface area is 117 Å². The van der Waals surface area contributed by atoms with E-state index in [1.54, 1.807) is 12.0 Å². The molecule has 106 valence electrons. The smallest absolute Gasteiger partial charge is 0.329 e. The number of hydrogen-bond acceptors (Lipinski definition) is 4. The van der Waals surface area contributed by atoms with Crippen LogP contribution in [-0.2, 0) is 20.7 Å². The summed E-state index contributed by atoms with van der Waals surface area (Å²) in [6.45, 7) is 0.553. The van der Waals surface area contributed by atoms with Crippen molar-refractivity contribution in [2.24, 2.45) is 0 Å². The Hall–Kier alpha value is -2.04. The first kappa shape index (κ1) is 13.0. The molecule has 0 radical (unpaired) electrons. The Morgan fingerprint density at radius 2 is 2.15 bits per heavy atom. The summed E-state index contributed by atoms with van der Waals surface area (Å²) in [5.74, 6) is 0.587. The van der Waals surface area contributed by atoms with Gasteiger partial charge in [-0.05, 0) is 24.1 Å². The highest BCUT2D eigenvalue weighted by Crippen LogP contribution is 2.29. The molecule has 2 saturated heterocycles. The van der Waals surface area contributed by atoms with Crippen LogP contribution >= 0.6 is 0 Å². The third-order valence-electron chi connectivity index (χ3n) is 3.92. The molecule has 1 aromatic rings. The normalized spacial score (nSPS) is 23.9. The van der Waals surface area contributed by atoms with Crippen LogP contribution in [0.25, 0.3) is 0 Å². The Kier molecular flexibility index (Phi) is 3.34. The highest BCUT2D eigenvalue weighted by Gasteiger charge is 2.48. The van der Waals surface area contributed by atoms with Crippen molar-refractivity contribution in [1.29, 1.82) is 0 Å². The summed E-state index contributed by atoms with van der Waals surface area (Å²) >= 11 is 0. The monoisotopic (exact) mass is 275 g/mol. The van der Waals surface area contributed by atoms with Crippen molar-refractivity contribution in [1.82, 2.24) is 4.90 Å². The SMILES string of the molecule is COc1ccc(CCC(=O)N2C[C@@H]3C[C@H]2C(=O)O3)cc1. The zero-order valence-corrected chi connectivity index (χ0v) is 11.4. The molecule has 2 aliphatic rings. The Bertz CT molecular complexity index is 525. The van der Waals surface area contributed by atoms with Crippen molar-refractivity contribution in [3.63, 3.8) is 0 Å². The van der Waals surface area contributed by atoms with Crippen molar-refractivity contribution in [2.45, 2.75) is 31.4 Å². The van der Waals surface area contributed by atoms with Crippen molar-refractivity contribution in [3.05, 3.63) is 29.8 Å². The standard InChI is InChI=1S/C15H17NO4/c1-19-11-5-2-10(3-6-11)4-7-14(17)16-9-12-8-13(16)15(18)20-12/h2-3,5-6,12-13H,4,7-9H2,1H3/t12-,13-/m0/s1. The van der Waals surface area contributed by atoms with Gasteiger partial charge in [-0.25, -0.2) is 4.79 Å². The van der Waals surface area contributed by atoms with E-state index >= 15 is 0 Å². The lowest BCUT2D eigenvalue weighted by Crippen LogP contribution is -2.44. The lowest BCUT2D eigenvalue weighted by Gasteiger charge is -2.25. The molecule has 2 fully saturated rings. The zero-order chi connectivity index (χ0) is 14.1. The van der Waals surface area contributed by atoms with Crippen molar-refractivity contribution in [2.75, 3.05) is 13.7 Å². The van der Waals surface area contributed by atoms with Crippen LogP contribution in [0.4, 0.5) is 0 Å². The summed E-state index contributed by atoms with van der Waals surface area (Å²) < 4.78 is 10.2. The minimum atomic E-state index is -0.344. The molecule has 2 bridgehead atoms. The Balaban J connectivity index is 1.55. The lowest BCUT2D eigenvalue weighted by atomic mass is 10.1. The molecule has 1 aromatic carbocycles. The molecule has 5 heteroatoms. The second-order valence-corrected chi connectivity index (χ2v) is 5.20. The number of esters is 1. The minimum absolute atomic E-state index is 0.0324. The van der Waals surface area contributed by atoms with Crippen molar-refractivity contribution >= 4 is 11.9 Å². The average molecular weight is 275 g/mol. The molecule has 0 saturated carbocycles. The number of nitrogens with zero attached hydrogens (tertiary/aromatic N) is 1. The lowest BCUT2D eigenvalue weighted by molar-refractivity contribution is -0.157. The minimum Gasteiger partial charge on any atom is -0.497 e. The van der Waals surface area contributed by atoms with Gasteiger partial charge in [0.05, 0.1) is 13.7 Å². The van der Waals surface area contributed by atoms with Gasteiger partial charge in [0, 0.05) is 12.8 Å². The van der Waals surface area contributed by atoms with Crippen LogP contribution in [-0.4, -0.2) is 42.6 Å². The number of benzene rings is 1. The fraction of sp³-hybridized carbons (Fsp3) is 0.467. The van der Waals surface area contributed by atoms with E-state index in [4.69, 9.17) is 9.47 Å². The van der Waals surface area contributed by atoms with Crippen LogP contribution in [0.1, 0.15) is 18.4 Å². The molecule has 2 heterocycles. The van der Waals surface area contributed by atoms with Crippen LogP contribution < -0.4 is 4.74 Å². The summed E-state index contributed by atoms with van der Waals surface area (Å²) in [5, 5.41) is 0. The Morgan fingerprint density at radius 1 is 1.40 bits per heavy atom. The van der Waals surface area contributed by atoms with E-state index in [2.05, 4.69) is 0 Å². The van der Waals surface area contributed by atoms with Crippen LogP contribution in [0, 0.1) is 0 Å². The number of carbonyl (C=O) groups is 2. The molecule has 3 rings (SSSR count). The second-order valence-electron chi connectivity index (χ2n) is 5.20. The van der Waals surface area contributed by atoms with Gasteiger partial charge in [-0.3, -0.25) is 4.79 Å². The van der Waals surface area contributed by atoms with Gasteiger partial charge in [-0.15, -0.1) is 0 Å². The summed E-state index contributed by atoms with van der Waals surface area (Å²) in [4.78, 5) is 25.3. The van der Waals surface area contributed by atoms with E-state index in [1.807, 2.05) is 24.3 Å². The fourth-order valence-corrected chi connectivity index (χ4v) is 2.81. The van der Waals surface area contributed by atoms with Crippen molar-refractivity contribution < 1.29 is 19.1 Å². The zero-order valence-electron chi connectivity index (χ0n) is 11.4. The first-order chi connectivity index (χ1) is 9.67. The van der Waals surface area contributed by atoms with Crippen LogP contribution in [0.3, 0.4) is 0 Å². The first-order valence-electron chi connectivity index (χ1n) is 6.80. The van der Waals surface area contributed by atoms with Gasteiger partial charge >= 0.3 is 5.97 Å². The second kappa shape index (κ2) is 5.15. The van der Waals surface area contributed by atoms with Gasteiger partial charge in [-0.2, -0.15) is 0 Å². The number of ether oxygens (including phenoxy) is 2. The fourth-order valence-electron chi connectivity index (χ4n) is 2.81. The first-order valence-corrected chi connectivity index (χ1v) is 6.80. The largest absolute Gasteiger partial charge is 0.497 e. The topological polar surface area (TPSA) is 55.8 Å². The van der Waals surface area contributed by atoms with E-state index in [1.165, 1.54) is 0 Å². The third-order valence-corrected chi connectivity index (χ3v) is 3.92. The van der Waals surface area contributed by atoms with Crippen LogP contribution in [0.15, 0.2) is 24.3 Å². The number of likely N-dealkylation sites (tertiary alicyclic amines) is 1. The third kappa shape index (κ3) is 2.35. The number of rotatable bonds is 4. The molecule has 0 aromatic heterocycles. The van der Waals surface area contributed by atoms with E-state index in [-0.39, 0.29) is 24.0 Å². The quantitative estimate of drug-likeness (QED) is 0.774. The molecule has 20 heavy (non-hydrogen) atoms. The number of hydrogen-bond donors (Lipinski definition) is 0. The molecule has 2 atom stereocenters. The predicted molar refractivity (Wildman–Crippen MR) is 71.3 cm³/mol. The highest BCUT2D eigenvalue weighted by atomic mass is 16.6. The van der Waals surface area contributed by atoms with Gasteiger partial charge < -0.3 is 14.4 Å². The number of fused-ring (bicyclic) bond motifs is 2. The van der Waals surface area contributed by atoms with Crippen molar-refractivity contribution in [3.8, 4) is 5.75 Å². The van der Waals surface area contributed by atoms with E-state index in [9.17, 15) is 9.59 Å². The summed E-state index contributed by atoms with van der Waals surface area (Å²) in [5.41, 5.74) is 1.09. The number of morpholine rings is 1. The van der Waals surface area contributed by atoms with Crippen LogP contribution in [0.5, 0.6) is 5.75 Å². The van der Waals surface area contributed by atoms with Gasteiger partial charge in [0.15, 0.2) is 0 Å². The predicted octanol–water partition coefficient (Wildman–Crippen LogP) is 1.15. The molecule has 1 amide bonds. The van der Waals surface area contributed by atoms with E-state index in [0.717, 1.165) is 11.3 Å². The van der Waals surface area contributed by atoms with Gasteiger partial charge in [0.25, 0.3) is 0 Å². The molecule has 0 aliphatic carbocycles. The molecule has 0 N–H and O–H groups in total. The van der Waals surface area contributed by atoms with E-state index < -0.39 is 0 Å². The molecule has 0 unspecified atom stereocenters. The molecular formula is C15H17NO4. The van der Waals surface area contributed by atoms with Crippen LogP contribution in [0.2, 0.25) is 0 Å². The molecule has 0 spiro atoms. The Morgan fingerprint density at radius 3 is 2.75 bits per heavy atom. The van der Waals surface area contributed by atoms with Gasteiger partial charge in [-0.1, -0.05) is 12.1 Å². The molecule has 5 nitrogen and oxygen atoms in total.